The molecule has 0 aliphatic carbocycles. The van der Waals surface area contributed by atoms with Gasteiger partial charge in [-0.2, -0.15) is 0 Å². The Kier molecular flexibility index (Phi) is 6.57. The molecule has 6 rings (SSSR count). The first-order chi connectivity index (χ1) is 19.3. The molecule has 2 heterocycles. The van der Waals surface area contributed by atoms with Gasteiger partial charge in [-0.3, -0.25) is 4.98 Å². The minimum Gasteiger partial charge on any atom is -0.457 e. The topological polar surface area (TPSA) is 69.2 Å². The number of fused-ring (bicyclic) bond motifs is 2. The minimum absolute atomic E-state index is 0.341. The number of anilines is 2. The summed E-state index contributed by atoms with van der Waals surface area (Å²) in [7, 11) is 0. The number of alkyl halides is 3. The maximum absolute atomic E-state index is 12.7. The largest absolute Gasteiger partial charge is 0.573 e. The third-order valence-electron chi connectivity index (χ3n) is 6.06. The molecular weight excluding hydrogens is 541 g/mol. The average Bonchev–Trinajstić information content (AvgIpc) is 2.94. The van der Waals surface area contributed by atoms with Crippen molar-refractivity contribution in [3.05, 3.63) is 108 Å². The van der Waals surface area contributed by atoms with E-state index in [1.807, 2.05) is 48.5 Å². The second-order valence-electron chi connectivity index (χ2n) is 8.74. The van der Waals surface area contributed by atoms with Crippen molar-refractivity contribution in [3.63, 3.8) is 0 Å². The van der Waals surface area contributed by atoms with Crippen molar-refractivity contribution >= 4 is 44.8 Å². The molecule has 6 nitrogen and oxygen atoms in total. The predicted molar refractivity (Wildman–Crippen MR) is 148 cm³/mol. The molecule has 0 bridgehead atoms. The van der Waals surface area contributed by atoms with Gasteiger partial charge in [0.2, 0.25) is 0 Å². The standard InChI is InChI=1S/C30H18ClF3N4O2/c31-19-7-5-18(6-8-19)28-23-3-1-2-4-24(23)29(38-37-28)36-20-9-11-21(12-10-20)39-27-15-16-35-26-14-13-22(17-25(26)27)40-30(32,33)34/h1-17H,(H,36,38). The Morgan fingerprint density at radius 3 is 2.20 bits per heavy atom. The summed E-state index contributed by atoms with van der Waals surface area (Å²) < 4.78 is 48.1. The number of pyridine rings is 1. The smallest absolute Gasteiger partial charge is 0.457 e. The summed E-state index contributed by atoms with van der Waals surface area (Å²) >= 11 is 6.04. The highest BCUT2D eigenvalue weighted by molar-refractivity contribution is 6.30. The van der Waals surface area contributed by atoms with Gasteiger partial charge in [0, 0.05) is 38.6 Å². The summed E-state index contributed by atoms with van der Waals surface area (Å²) in [5.74, 6) is 1.05. The summed E-state index contributed by atoms with van der Waals surface area (Å²) in [5, 5.41) is 15.1. The van der Waals surface area contributed by atoms with Gasteiger partial charge in [-0.1, -0.05) is 48.0 Å². The van der Waals surface area contributed by atoms with Crippen LogP contribution < -0.4 is 14.8 Å². The van der Waals surface area contributed by atoms with Crippen LogP contribution in [0.3, 0.4) is 0 Å². The maximum Gasteiger partial charge on any atom is 0.573 e. The van der Waals surface area contributed by atoms with Crippen molar-refractivity contribution in [2.45, 2.75) is 6.36 Å². The molecule has 40 heavy (non-hydrogen) atoms. The quantitative estimate of drug-likeness (QED) is 0.220. The third-order valence-corrected chi connectivity index (χ3v) is 6.31. The number of hydrogen-bond donors (Lipinski definition) is 1. The fourth-order valence-electron chi connectivity index (χ4n) is 4.27. The van der Waals surface area contributed by atoms with E-state index in [0.29, 0.717) is 33.2 Å². The molecule has 10 heteroatoms. The highest BCUT2D eigenvalue weighted by Crippen LogP contribution is 2.35. The van der Waals surface area contributed by atoms with Crippen LogP contribution >= 0.6 is 11.6 Å². The van der Waals surface area contributed by atoms with Crippen LogP contribution in [0.15, 0.2) is 103 Å². The molecule has 4 aromatic carbocycles. The Morgan fingerprint density at radius 2 is 1.45 bits per heavy atom. The van der Waals surface area contributed by atoms with Crippen LogP contribution in [-0.2, 0) is 0 Å². The molecule has 0 spiro atoms. The number of rotatable bonds is 6. The fraction of sp³-hybridized carbons (Fsp3) is 0.0333. The van der Waals surface area contributed by atoms with Gasteiger partial charge in [-0.25, -0.2) is 0 Å². The molecule has 0 fully saturated rings. The lowest BCUT2D eigenvalue weighted by molar-refractivity contribution is -0.274. The van der Waals surface area contributed by atoms with Crippen LogP contribution in [-0.4, -0.2) is 21.5 Å². The van der Waals surface area contributed by atoms with Gasteiger partial charge in [0.1, 0.15) is 22.9 Å². The number of aromatic nitrogens is 3. The second kappa shape index (κ2) is 10.3. The van der Waals surface area contributed by atoms with Crippen molar-refractivity contribution in [2.75, 3.05) is 5.32 Å². The molecule has 0 unspecified atom stereocenters. The van der Waals surface area contributed by atoms with E-state index >= 15 is 0 Å². The Bertz CT molecular complexity index is 1830. The fourth-order valence-corrected chi connectivity index (χ4v) is 4.40. The van der Waals surface area contributed by atoms with E-state index in [1.165, 1.54) is 24.4 Å². The molecule has 0 atom stereocenters. The van der Waals surface area contributed by atoms with E-state index in [0.717, 1.165) is 27.7 Å². The van der Waals surface area contributed by atoms with Gasteiger partial charge in [-0.15, -0.1) is 23.4 Å². The molecule has 0 aliphatic rings. The van der Waals surface area contributed by atoms with E-state index < -0.39 is 6.36 Å². The van der Waals surface area contributed by atoms with E-state index in [4.69, 9.17) is 16.3 Å². The number of benzene rings is 4. The van der Waals surface area contributed by atoms with Crippen molar-refractivity contribution in [1.29, 1.82) is 0 Å². The van der Waals surface area contributed by atoms with Crippen LogP contribution in [0.1, 0.15) is 0 Å². The number of hydrogen-bond acceptors (Lipinski definition) is 6. The Morgan fingerprint density at radius 1 is 0.725 bits per heavy atom. The summed E-state index contributed by atoms with van der Waals surface area (Å²) in [4.78, 5) is 4.19. The van der Waals surface area contributed by atoms with Crippen LogP contribution in [0.4, 0.5) is 24.7 Å². The van der Waals surface area contributed by atoms with Gasteiger partial charge >= 0.3 is 6.36 Å². The van der Waals surface area contributed by atoms with Crippen LogP contribution in [0, 0.1) is 0 Å². The van der Waals surface area contributed by atoms with Crippen molar-refractivity contribution < 1.29 is 22.6 Å². The van der Waals surface area contributed by atoms with E-state index in [-0.39, 0.29) is 5.75 Å². The van der Waals surface area contributed by atoms with Gasteiger partial charge in [-0.05, 0) is 60.7 Å². The predicted octanol–water partition coefficient (Wildman–Crippen LogP) is 8.93. The Labute approximate surface area is 231 Å². The monoisotopic (exact) mass is 558 g/mol. The van der Waals surface area contributed by atoms with Crippen molar-refractivity contribution in [3.8, 4) is 28.5 Å². The number of halogens is 4. The molecule has 198 valence electrons. The molecule has 0 radical (unpaired) electrons. The zero-order chi connectivity index (χ0) is 27.7. The van der Waals surface area contributed by atoms with Gasteiger partial charge < -0.3 is 14.8 Å². The van der Waals surface area contributed by atoms with Crippen LogP contribution in [0.5, 0.6) is 17.2 Å². The van der Waals surface area contributed by atoms with Gasteiger partial charge in [0.05, 0.1) is 5.52 Å². The van der Waals surface area contributed by atoms with E-state index in [2.05, 4.69) is 25.2 Å². The molecule has 0 aliphatic heterocycles. The summed E-state index contributed by atoms with van der Waals surface area (Å²) in [6.07, 6.45) is -3.28. The van der Waals surface area contributed by atoms with Crippen molar-refractivity contribution in [1.82, 2.24) is 15.2 Å². The average molecular weight is 559 g/mol. The van der Waals surface area contributed by atoms with Crippen LogP contribution in [0.25, 0.3) is 32.9 Å². The van der Waals surface area contributed by atoms with Crippen molar-refractivity contribution in [2.24, 2.45) is 0 Å². The zero-order valence-electron chi connectivity index (χ0n) is 20.5. The lowest BCUT2D eigenvalue weighted by atomic mass is 10.0. The first kappa shape index (κ1) is 25.4. The zero-order valence-corrected chi connectivity index (χ0v) is 21.2. The lowest BCUT2D eigenvalue weighted by Gasteiger charge is -2.13. The molecule has 0 amide bonds. The SMILES string of the molecule is FC(F)(F)Oc1ccc2nccc(Oc3ccc(Nc4nnc(-c5ccc(Cl)cc5)c5ccccc45)cc3)c2c1. The summed E-state index contributed by atoms with van der Waals surface area (Å²) in [6, 6.07) is 27.8. The highest BCUT2D eigenvalue weighted by Gasteiger charge is 2.31. The highest BCUT2D eigenvalue weighted by atomic mass is 35.5. The van der Waals surface area contributed by atoms with Gasteiger partial charge in [0.25, 0.3) is 0 Å². The summed E-state index contributed by atoms with van der Waals surface area (Å²) in [5.41, 5.74) is 2.86. The van der Waals surface area contributed by atoms with E-state index in [9.17, 15) is 13.2 Å². The molecule has 0 saturated heterocycles. The molecular formula is C30H18ClF3N4O2. The Hall–Kier alpha value is -4.89. The number of nitrogens with zero attached hydrogens (tertiary/aromatic N) is 3. The number of nitrogens with one attached hydrogen (secondary N) is 1. The minimum atomic E-state index is -4.80. The molecule has 1 N–H and O–H groups in total. The molecule has 2 aromatic heterocycles. The third kappa shape index (κ3) is 5.45. The second-order valence-corrected chi connectivity index (χ2v) is 9.17. The molecule has 0 saturated carbocycles. The Balaban J connectivity index is 1.25. The number of ether oxygens (including phenoxy) is 2. The van der Waals surface area contributed by atoms with Crippen LogP contribution in [0.2, 0.25) is 5.02 Å². The lowest BCUT2D eigenvalue weighted by Crippen LogP contribution is -2.17. The summed E-state index contributed by atoms with van der Waals surface area (Å²) in [6.45, 7) is 0. The maximum atomic E-state index is 12.7. The first-order valence-corrected chi connectivity index (χ1v) is 12.4. The molecule has 6 aromatic rings. The first-order valence-electron chi connectivity index (χ1n) is 12.0. The van der Waals surface area contributed by atoms with Gasteiger partial charge in [0.15, 0.2) is 5.82 Å². The normalized spacial score (nSPS) is 11.5. The van der Waals surface area contributed by atoms with E-state index in [1.54, 1.807) is 30.3 Å².